The number of hydrogen-bond donors (Lipinski definition) is 3. The van der Waals surface area contributed by atoms with E-state index in [1.54, 1.807) is 36.4 Å². The monoisotopic (exact) mass is 926 g/mol. The predicted molar refractivity (Wildman–Crippen MR) is 259 cm³/mol. The van der Waals surface area contributed by atoms with Crippen molar-refractivity contribution < 1.29 is 33.8 Å². The summed E-state index contributed by atoms with van der Waals surface area (Å²) in [5.74, 6) is -0.888. The minimum absolute atomic E-state index is 0.0768. The van der Waals surface area contributed by atoms with Gasteiger partial charge in [-0.25, -0.2) is 0 Å². The number of phenolic OH excluding ortho intramolecular Hbond substituents is 1. The number of carbonyl (C=O) groups is 5. The zero-order valence-corrected chi connectivity index (χ0v) is 38.7. The molecule has 17 nitrogen and oxygen atoms in total. The first kappa shape index (κ1) is 46.4. The second-order valence-corrected chi connectivity index (χ2v) is 18.6. The molecular weight excluding hydrogens is 865 g/mol. The molecule has 0 bridgehead atoms. The van der Waals surface area contributed by atoms with Crippen molar-refractivity contribution >= 4 is 52.4 Å². The number of para-hydroxylation sites is 1. The van der Waals surface area contributed by atoms with Crippen LogP contribution in [0.1, 0.15) is 91.3 Å². The van der Waals surface area contributed by atoms with Crippen LogP contribution < -0.4 is 30.5 Å². The lowest BCUT2D eigenvalue weighted by atomic mass is 10.0. The summed E-state index contributed by atoms with van der Waals surface area (Å²) in [5, 5.41) is 20.8. The summed E-state index contributed by atoms with van der Waals surface area (Å²) in [5.41, 5.74) is 11.0. The molecule has 1 aromatic heterocycles. The van der Waals surface area contributed by atoms with Gasteiger partial charge in [-0.2, -0.15) is 0 Å². The molecule has 0 spiro atoms. The van der Waals surface area contributed by atoms with Gasteiger partial charge in [0.2, 0.25) is 17.7 Å². The van der Waals surface area contributed by atoms with Gasteiger partial charge in [0.05, 0.1) is 17.7 Å². The Morgan fingerprint density at radius 2 is 1.35 bits per heavy atom. The Morgan fingerprint density at radius 1 is 0.691 bits per heavy atom. The highest BCUT2D eigenvalue weighted by Crippen LogP contribution is 2.34. The number of aromatic nitrogens is 2. The van der Waals surface area contributed by atoms with Crippen molar-refractivity contribution in [3.63, 3.8) is 0 Å². The molecule has 4 fully saturated rings. The van der Waals surface area contributed by atoms with Crippen LogP contribution >= 0.6 is 0 Å². The molecule has 5 amide bonds. The number of benzene rings is 3. The third-order valence-corrected chi connectivity index (χ3v) is 14.1. The van der Waals surface area contributed by atoms with Gasteiger partial charge in [-0.1, -0.05) is 37.8 Å². The zero-order valence-electron chi connectivity index (χ0n) is 38.7. The van der Waals surface area contributed by atoms with E-state index in [1.807, 2.05) is 17.0 Å². The number of phenols is 1. The van der Waals surface area contributed by atoms with E-state index in [0.29, 0.717) is 41.1 Å². The average molecular weight is 927 g/mol. The lowest BCUT2D eigenvalue weighted by Crippen LogP contribution is -2.54. The molecule has 4 saturated heterocycles. The molecule has 4 N–H and O–H groups in total. The average Bonchev–Trinajstić information content (AvgIpc) is 3.61. The SMILES string of the molecule is Nc1nnc(-c2ccccc2O)cc1OC1CCCN(c2ccc(N3CCN(C(=O)CCCCCCCCN4CCN(c5ccc6c(c5)C(=O)N(C5CCC(=O)NC5=O)C6=O)CC4)CC3)cc2)C1. The summed E-state index contributed by atoms with van der Waals surface area (Å²) in [6.07, 6.45) is 9.23. The minimum atomic E-state index is -0.966. The maximum Gasteiger partial charge on any atom is 0.262 e. The van der Waals surface area contributed by atoms with Crippen molar-refractivity contribution in [1.29, 1.82) is 0 Å². The number of nitrogens with one attached hydrogen (secondary N) is 1. The Morgan fingerprint density at radius 3 is 2.10 bits per heavy atom. The second-order valence-electron chi connectivity index (χ2n) is 18.6. The van der Waals surface area contributed by atoms with Gasteiger partial charge in [-0.05, 0) is 93.2 Å². The first-order chi connectivity index (χ1) is 33.1. The number of nitrogens with two attached hydrogens (primary N) is 1. The molecule has 68 heavy (non-hydrogen) atoms. The topological polar surface area (TPSA) is 198 Å². The van der Waals surface area contributed by atoms with Crippen LogP contribution in [0.3, 0.4) is 0 Å². The van der Waals surface area contributed by atoms with Crippen molar-refractivity contribution in [2.24, 2.45) is 0 Å². The van der Waals surface area contributed by atoms with Crippen molar-refractivity contribution in [2.75, 3.05) is 92.4 Å². The largest absolute Gasteiger partial charge is 0.507 e. The number of unbranched alkanes of at least 4 members (excludes halogenated alkanes) is 5. The molecule has 0 saturated carbocycles. The van der Waals surface area contributed by atoms with Crippen LogP contribution in [-0.4, -0.2) is 144 Å². The molecule has 358 valence electrons. The Hall–Kier alpha value is -6.75. The van der Waals surface area contributed by atoms with Crippen LogP contribution in [0.25, 0.3) is 11.3 Å². The highest BCUT2D eigenvalue weighted by molar-refractivity contribution is 6.23. The van der Waals surface area contributed by atoms with Crippen molar-refractivity contribution in [3.05, 3.63) is 83.9 Å². The number of anilines is 4. The number of carbonyl (C=O) groups excluding carboxylic acids is 5. The molecule has 9 rings (SSSR count). The van der Waals surface area contributed by atoms with Gasteiger partial charge in [0.25, 0.3) is 11.8 Å². The molecule has 17 heteroatoms. The van der Waals surface area contributed by atoms with E-state index in [9.17, 15) is 29.1 Å². The molecule has 0 radical (unpaired) electrons. The lowest BCUT2D eigenvalue weighted by molar-refractivity contribution is -0.136. The van der Waals surface area contributed by atoms with E-state index in [-0.39, 0.29) is 42.3 Å². The van der Waals surface area contributed by atoms with Gasteiger partial charge in [0, 0.05) is 100 Å². The normalized spacial score (nSPS) is 20.2. The molecule has 4 aromatic rings. The number of piperidine rings is 2. The lowest BCUT2D eigenvalue weighted by Gasteiger charge is -2.37. The second kappa shape index (κ2) is 21.0. The van der Waals surface area contributed by atoms with Gasteiger partial charge < -0.3 is 35.2 Å². The van der Waals surface area contributed by atoms with E-state index in [2.05, 4.69) is 59.4 Å². The van der Waals surface area contributed by atoms with Crippen LogP contribution in [0, 0.1) is 0 Å². The minimum Gasteiger partial charge on any atom is -0.507 e. The Balaban J connectivity index is 0.628. The molecule has 3 aromatic carbocycles. The fraction of sp³-hybridized carbons (Fsp3) is 0.471. The fourth-order valence-electron chi connectivity index (χ4n) is 10.2. The number of aromatic hydroxyl groups is 1. The first-order valence-corrected chi connectivity index (χ1v) is 24.4. The van der Waals surface area contributed by atoms with Crippen LogP contribution in [0.15, 0.2) is 72.8 Å². The van der Waals surface area contributed by atoms with Crippen LogP contribution in [0.5, 0.6) is 11.5 Å². The van der Waals surface area contributed by atoms with Crippen molar-refractivity contribution in [2.45, 2.75) is 82.8 Å². The summed E-state index contributed by atoms with van der Waals surface area (Å²) < 4.78 is 6.38. The van der Waals surface area contributed by atoms with E-state index < -0.39 is 23.8 Å². The number of imide groups is 2. The first-order valence-electron chi connectivity index (χ1n) is 24.4. The highest BCUT2D eigenvalue weighted by atomic mass is 16.5. The number of hydrogen-bond acceptors (Lipinski definition) is 14. The molecule has 0 aliphatic carbocycles. The number of rotatable bonds is 16. The molecule has 5 aliphatic rings. The molecule has 2 atom stereocenters. The predicted octanol–water partition coefficient (Wildman–Crippen LogP) is 5.08. The third kappa shape index (κ3) is 10.5. The number of amides is 5. The molecule has 2 unspecified atom stereocenters. The number of nitrogen functional groups attached to an aromatic ring is 1. The van der Waals surface area contributed by atoms with Gasteiger partial charge in [0.1, 0.15) is 23.6 Å². The summed E-state index contributed by atoms with van der Waals surface area (Å²) in [4.78, 5) is 76.0. The number of ether oxygens (including phenoxy) is 1. The Labute approximate surface area is 397 Å². The Bertz CT molecular complexity index is 2490. The van der Waals surface area contributed by atoms with E-state index >= 15 is 0 Å². The van der Waals surface area contributed by atoms with Crippen LogP contribution in [-0.2, 0) is 14.4 Å². The van der Waals surface area contributed by atoms with Crippen LogP contribution in [0.2, 0.25) is 0 Å². The van der Waals surface area contributed by atoms with E-state index in [4.69, 9.17) is 10.5 Å². The van der Waals surface area contributed by atoms with E-state index in [1.165, 1.54) is 0 Å². The third-order valence-electron chi connectivity index (χ3n) is 14.1. The summed E-state index contributed by atoms with van der Waals surface area (Å²) in [6, 6.07) is 21.8. The van der Waals surface area contributed by atoms with Gasteiger partial charge in [-0.3, -0.25) is 39.1 Å². The Kier molecular flexibility index (Phi) is 14.3. The number of nitrogens with zero attached hydrogens (tertiary/aromatic N) is 8. The summed E-state index contributed by atoms with van der Waals surface area (Å²) >= 11 is 0. The highest BCUT2D eigenvalue weighted by Gasteiger charge is 2.45. The summed E-state index contributed by atoms with van der Waals surface area (Å²) in [6.45, 7) is 9.26. The quantitative estimate of drug-likeness (QED) is 0.0994. The smallest absolute Gasteiger partial charge is 0.262 e. The maximum absolute atomic E-state index is 13.3. The van der Waals surface area contributed by atoms with Crippen LogP contribution in [0.4, 0.5) is 22.9 Å². The fourth-order valence-corrected chi connectivity index (χ4v) is 10.2. The van der Waals surface area contributed by atoms with Crippen molar-refractivity contribution in [3.8, 4) is 22.8 Å². The number of piperazine rings is 2. The van der Waals surface area contributed by atoms with Gasteiger partial charge >= 0.3 is 0 Å². The summed E-state index contributed by atoms with van der Waals surface area (Å²) in [7, 11) is 0. The molecule has 5 aliphatic heterocycles. The van der Waals surface area contributed by atoms with Crippen molar-refractivity contribution in [1.82, 2.24) is 30.2 Å². The van der Waals surface area contributed by atoms with Gasteiger partial charge in [0.15, 0.2) is 11.6 Å². The standard InChI is InChI=1S/C51H62N10O7/c52-48-45(33-42(54-55-48)40-11-6-7-12-44(40)62)68-38-10-9-23-60(34-38)36-16-14-35(15-17-36)57-28-30-59(31-29-57)47(64)13-5-3-1-2-4-8-22-56-24-26-58(27-25-56)37-18-19-39-41(32-37)51(67)61(50(39)66)43-20-21-46(63)53-49(43)65/h6-7,11-12,14-19,32-33,38,43,62H,1-5,8-10,13,20-31,34H2,(H2,52,55)(H,53,63,65). The molecule has 6 heterocycles. The molecular formula is C51H62N10O7. The van der Waals surface area contributed by atoms with E-state index in [0.717, 1.165) is 139 Å². The number of fused-ring (bicyclic) bond motifs is 1. The van der Waals surface area contributed by atoms with Gasteiger partial charge in [-0.15, -0.1) is 10.2 Å². The maximum atomic E-state index is 13.3. The zero-order chi connectivity index (χ0) is 47.1.